The maximum absolute atomic E-state index is 8.88. The molecule has 0 radical (unpaired) electrons. The summed E-state index contributed by atoms with van der Waals surface area (Å²) in [5, 5.41) is 18.6. The Bertz CT molecular complexity index is 608. The summed E-state index contributed by atoms with van der Waals surface area (Å²) >= 11 is 0.374. The molecule has 15 heavy (non-hydrogen) atoms. The Morgan fingerprint density at radius 3 is 2.87 bits per heavy atom. The van der Waals surface area contributed by atoms with Crippen LogP contribution in [0.25, 0.3) is 15.2 Å². The van der Waals surface area contributed by atoms with Crippen LogP contribution < -0.4 is 0 Å². The minimum atomic E-state index is 0.374. The minimum absolute atomic E-state index is 0.374. The van der Waals surface area contributed by atoms with Crippen molar-refractivity contribution in [3.63, 3.8) is 0 Å². The van der Waals surface area contributed by atoms with E-state index in [4.69, 9.17) is 10.5 Å². The number of allylic oxidation sites excluding steroid dienone is 2. The summed E-state index contributed by atoms with van der Waals surface area (Å²) in [6.07, 6.45) is 1.29. The molecule has 1 aromatic carbocycles. The summed E-state index contributed by atoms with van der Waals surface area (Å²) < 4.78 is 1.28. The van der Waals surface area contributed by atoms with E-state index in [9.17, 15) is 0 Å². The van der Waals surface area contributed by atoms with Gasteiger partial charge in [0.15, 0.2) is 0 Å². The zero-order chi connectivity index (χ0) is 10.7. The van der Waals surface area contributed by atoms with Crippen molar-refractivity contribution in [2.24, 2.45) is 0 Å². The molecule has 0 aliphatic carbocycles. The summed E-state index contributed by atoms with van der Waals surface area (Å²) in [5.41, 5.74) is 1.27. The molecular formula is C12H6N2Se. The molecule has 0 aliphatic heterocycles. The molecule has 0 fully saturated rings. The molecule has 2 aromatic rings. The van der Waals surface area contributed by atoms with Gasteiger partial charge in [-0.25, -0.2) is 0 Å². The fourth-order valence-corrected chi connectivity index (χ4v) is 3.11. The number of nitrogens with zero attached hydrogens (tertiary/aromatic N) is 2. The number of rotatable bonds is 1. The average Bonchev–Trinajstić information content (AvgIpc) is 2.72. The molecule has 0 atom stereocenters. The first-order valence-corrected chi connectivity index (χ1v) is 6.17. The second kappa shape index (κ2) is 4.15. The fraction of sp³-hybridized carbons (Fsp3) is 0. The van der Waals surface area contributed by atoms with Gasteiger partial charge < -0.3 is 0 Å². The Kier molecular flexibility index (Phi) is 2.70. The summed E-state index contributed by atoms with van der Waals surface area (Å²) in [4.78, 5) is 2.15. The van der Waals surface area contributed by atoms with Crippen molar-refractivity contribution in [3.05, 3.63) is 40.8 Å². The van der Waals surface area contributed by atoms with Crippen LogP contribution in [0.3, 0.4) is 0 Å². The predicted octanol–water partition coefficient (Wildman–Crippen LogP) is 2.33. The number of fused-ring (bicyclic) bond motifs is 1. The van der Waals surface area contributed by atoms with Crippen LogP contribution in [0.15, 0.2) is 35.3 Å². The first kappa shape index (κ1) is 9.74. The monoisotopic (exact) mass is 258 g/mol. The standard InChI is InChI=1S/C12H6N2Se/c13-5-3-11(8-14)10-2-1-9-4-6-15-12(9)7-10/h1-4,6-7H/b11-3+. The van der Waals surface area contributed by atoms with Gasteiger partial charge in [-0.3, -0.25) is 0 Å². The van der Waals surface area contributed by atoms with Crippen LogP contribution in [-0.4, -0.2) is 14.5 Å². The number of benzene rings is 1. The molecule has 0 bridgehead atoms. The molecule has 2 nitrogen and oxygen atoms in total. The predicted molar refractivity (Wildman–Crippen MR) is 60.1 cm³/mol. The van der Waals surface area contributed by atoms with E-state index in [1.807, 2.05) is 30.3 Å². The van der Waals surface area contributed by atoms with Gasteiger partial charge in [0.05, 0.1) is 0 Å². The van der Waals surface area contributed by atoms with E-state index in [0.29, 0.717) is 20.1 Å². The Balaban J connectivity index is 2.58. The van der Waals surface area contributed by atoms with E-state index >= 15 is 0 Å². The molecule has 0 aliphatic rings. The summed E-state index contributed by atoms with van der Waals surface area (Å²) in [6, 6.07) is 11.9. The van der Waals surface area contributed by atoms with Gasteiger partial charge in [0, 0.05) is 0 Å². The average molecular weight is 257 g/mol. The van der Waals surface area contributed by atoms with Crippen molar-refractivity contribution >= 4 is 29.7 Å². The van der Waals surface area contributed by atoms with Crippen LogP contribution in [0.2, 0.25) is 0 Å². The second-order valence-electron chi connectivity index (χ2n) is 2.97. The first-order valence-electron chi connectivity index (χ1n) is 4.32. The van der Waals surface area contributed by atoms with E-state index in [1.165, 1.54) is 15.7 Å². The van der Waals surface area contributed by atoms with Crippen LogP contribution in [0, 0.1) is 22.7 Å². The summed E-state index contributed by atoms with van der Waals surface area (Å²) in [5.74, 6) is 0. The van der Waals surface area contributed by atoms with Crippen LogP contribution in [0.1, 0.15) is 5.56 Å². The van der Waals surface area contributed by atoms with Crippen LogP contribution >= 0.6 is 0 Å². The maximum atomic E-state index is 8.88. The summed E-state index contributed by atoms with van der Waals surface area (Å²) in [7, 11) is 0. The third kappa shape index (κ3) is 1.85. The quantitative estimate of drug-likeness (QED) is 0.581. The first-order chi connectivity index (χ1) is 7.35. The molecular weight excluding hydrogens is 251 g/mol. The zero-order valence-electron chi connectivity index (χ0n) is 7.77. The molecule has 1 heterocycles. The normalized spacial score (nSPS) is 10.9. The molecule has 3 heteroatoms. The van der Waals surface area contributed by atoms with Crippen molar-refractivity contribution < 1.29 is 0 Å². The molecule has 1 aromatic heterocycles. The second-order valence-corrected chi connectivity index (χ2v) is 4.96. The van der Waals surface area contributed by atoms with E-state index in [1.54, 1.807) is 0 Å². The van der Waals surface area contributed by atoms with Crippen LogP contribution in [0.4, 0.5) is 0 Å². The van der Waals surface area contributed by atoms with Gasteiger partial charge in [-0.1, -0.05) is 0 Å². The van der Waals surface area contributed by atoms with Crippen LogP contribution in [-0.2, 0) is 0 Å². The Labute approximate surface area is 93.4 Å². The third-order valence-corrected chi connectivity index (χ3v) is 3.94. The van der Waals surface area contributed by atoms with Crippen molar-refractivity contribution in [1.29, 1.82) is 10.5 Å². The van der Waals surface area contributed by atoms with Gasteiger partial charge in [0.1, 0.15) is 0 Å². The molecule has 0 saturated heterocycles. The topological polar surface area (TPSA) is 47.6 Å². The summed E-state index contributed by atoms with van der Waals surface area (Å²) in [6.45, 7) is 0. The molecule has 0 amide bonds. The van der Waals surface area contributed by atoms with Crippen molar-refractivity contribution in [2.45, 2.75) is 0 Å². The molecule has 0 saturated carbocycles. The number of hydrogen-bond acceptors (Lipinski definition) is 2. The molecule has 0 unspecified atom stereocenters. The Hall–Kier alpha value is -1.80. The Morgan fingerprint density at radius 2 is 2.13 bits per heavy atom. The van der Waals surface area contributed by atoms with Gasteiger partial charge >= 0.3 is 93.2 Å². The van der Waals surface area contributed by atoms with Gasteiger partial charge in [0.25, 0.3) is 0 Å². The molecule has 0 N–H and O–H groups in total. The SMILES string of the molecule is N#C/C=C(\C#N)c1ccc2cc[se]c2c1. The molecule has 0 spiro atoms. The van der Waals surface area contributed by atoms with Gasteiger partial charge in [-0.15, -0.1) is 0 Å². The number of nitriles is 2. The van der Waals surface area contributed by atoms with Gasteiger partial charge in [0.2, 0.25) is 0 Å². The van der Waals surface area contributed by atoms with Crippen molar-refractivity contribution in [2.75, 3.05) is 0 Å². The Morgan fingerprint density at radius 1 is 1.27 bits per heavy atom. The van der Waals surface area contributed by atoms with E-state index < -0.39 is 0 Å². The van der Waals surface area contributed by atoms with Gasteiger partial charge in [-0.2, -0.15) is 0 Å². The number of hydrogen-bond donors (Lipinski definition) is 0. The fourth-order valence-electron chi connectivity index (χ4n) is 1.37. The van der Waals surface area contributed by atoms with E-state index in [0.717, 1.165) is 5.56 Å². The van der Waals surface area contributed by atoms with E-state index in [-0.39, 0.29) is 0 Å². The molecule has 70 valence electrons. The van der Waals surface area contributed by atoms with Crippen LogP contribution in [0.5, 0.6) is 0 Å². The van der Waals surface area contributed by atoms with Gasteiger partial charge in [-0.05, 0) is 0 Å². The zero-order valence-corrected chi connectivity index (χ0v) is 9.48. The molecule has 2 rings (SSSR count). The van der Waals surface area contributed by atoms with E-state index in [2.05, 4.69) is 11.0 Å². The van der Waals surface area contributed by atoms with Crippen molar-refractivity contribution in [1.82, 2.24) is 0 Å². The third-order valence-electron chi connectivity index (χ3n) is 2.10. The van der Waals surface area contributed by atoms with Crippen molar-refractivity contribution in [3.8, 4) is 12.1 Å².